The van der Waals surface area contributed by atoms with Crippen molar-refractivity contribution < 1.29 is 42.6 Å². The molecular weight excluding hydrogens is 506 g/mol. The third-order valence-corrected chi connectivity index (χ3v) is 7.27. The minimum atomic E-state index is -3.12. The molecule has 4 amide bonds. The van der Waals surface area contributed by atoms with Crippen LogP contribution in [0.4, 0.5) is 13.6 Å². The molecule has 3 unspecified atom stereocenters. The van der Waals surface area contributed by atoms with Crippen LogP contribution in [-0.4, -0.2) is 89.5 Å². The third-order valence-electron chi connectivity index (χ3n) is 7.27. The molecule has 2 heterocycles. The summed E-state index contributed by atoms with van der Waals surface area (Å²) in [5.74, 6) is -6.44. The summed E-state index contributed by atoms with van der Waals surface area (Å²) in [7, 11) is 0. The fourth-order valence-corrected chi connectivity index (χ4v) is 4.74. The highest BCUT2D eigenvalue weighted by atomic mass is 19.3. The van der Waals surface area contributed by atoms with Gasteiger partial charge in [0.05, 0.1) is 19.3 Å². The van der Waals surface area contributed by atoms with Gasteiger partial charge in [0.25, 0.3) is 5.91 Å². The Morgan fingerprint density at radius 2 is 1.66 bits per heavy atom. The highest BCUT2D eigenvalue weighted by Crippen LogP contribution is 2.35. The monoisotopic (exact) mass is 544 g/mol. The first kappa shape index (κ1) is 29.7. The molecule has 3 aliphatic rings. The highest BCUT2D eigenvalue weighted by molar-refractivity contribution is 6.38. The minimum absolute atomic E-state index is 0.101. The number of alkyl halides is 2. The van der Waals surface area contributed by atoms with Crippen molar-refractivity contribution in [3.63, 3.8) is 0 Å². The molecule has 3 rings (SSSR count). The van der Waals surface area contributed by atoms with E-state index in [9.17, 15) is 37.9 Å². The Kier molecular flexibility index (Phi) is 9.00. The Bertz CT molecular complexity index is 941. The van der Waals surface area contributed by atoms with Crippen molar-refractivity contribution in [2.45, 2.75) is 89.9 Å². The van der Waals surface area contributed by atoms with Crippen molar-refractivity contribution in [2.75, 3.05) is 19.8 Å². The van der Waals surface area contributed by atoms with Crippen molar-refractivity contribution in [3.05, 3.63) is 0 Å². The van der Waals surface area contributed by atoms with E-state index in [1.807, 2.05) is 0 Å². The quantitative estimate of drug-likeness (QED) is 0.286. The summed E-state index contributed by atoms with van der Waals surface area (Å²) in [6, 6.07) is -3.87. The molecule has 1 aliphatic carbocycles. The fraction of sp³-hybridized carbons (Fsp3) is 0.800. The van der Waals surface area contributed by atoms with Gasteiger partial charge >= 0.3 is 6.09 Å². The highest BCUT2D eigenvalue weighted by Gasteiger charge is 2.48. The number of hydrogen-bond acceptors (Lipinski definition) is 6. The number of hydrogen-bond donors (Lipinski definition) is 4. The Morgan fingerprint density at radius 1 is 1.03 bits per heavy atom. The number of rotatable bonds is 11. The average molecular weight is 545 g/mol. The van der Waals surface area contributed by atoms with Gasteiger partial charge in [0.1, 0.15) is 12.1 Å². The number of carbonyl (C=O) groups excluding carboxylic acids is 4. The lowest BCUT2D eigenvalue weighted by atomic mass is 9.85. The Morgan fingerprint density at radius 3 is 2.13 bits per heavy atom. The molecule has 11 nitrogen and oxygen atoms in total. The normalized spacial score (nSPS) is 23.7. The molecule has 0 spiro atoms. The van der Waals surface area contributed by atoms with Crippen LogP contribution >= 0.6 is 0 Å². The van der Waals surface area contributed by atoms with E-state index in [1.54, 1.807) is 20.8 Å². The largest absolute Gasteiger partial charge is 0.465 e. The van der Waals surface area contributed by atoms with Gasteiger partial charge in [-0.15, -0.1) is 0 Å². The lowest BCUT2D eigenvalue weighted by molar-refractivity contribution is -0.144. The van der Waals surface area contributed by atoms with Gasteiger partial charge in [-0.3, -0.25) is 19.2 Å². The molecule has 214 valence electrons. The second-order valence-electron chi connectivity index (χ2n) is 11.8. The van der Waals surface area contributed by atoms with E-state index in [0.29, 0.717) is 33.0 Å². The Labute approximate surface area is 220 Å². The number of ether oxygens (including phenoxy) is 1. The molecule has 13 heteroatoms. The molecule has 1 saturated carbocycles. The number of nitrogens with one attached hydrogen (secondary N) is 3. The van der Waals surface area contributed by atoms with E-state index in [2.05, 4.69) is 16.0 Å². The van der Waals surface area contributed by atoms with Gasteiger partial charge in [-0.2, -0.15) is 0 Å². The van der Waals surface area contributed by atoms with Gasteiger partial charge in [-0.25, -0.2) is 13.6 Å². The molecule has 0 aromatic carbocycles. The van der Waals surface area contributed by atoms with E-state index in [4.69, 9.17) is 4.74 Å². The van der Waals surface area contributed by atoms with E-state index < -0.39 is 71.9 Å². The molecule has 0 aromatic heterocycles. The number of halogens is 2. The van der Waals surface area contributed by atoms with Crippen LogP contribution in [0.15, 0.2) is 0 Å². The SMILES string of the molecule is CC(F)(F)CCC(NC(=O)[C@@H]1CC(C2COC2)CN1C(=O)C(NC(=O)O)C(C)(C)C)C(=O)C(=O)NC1CC1. The number of amides is 4. The zero-order chi connectivity index (χ0) is 28.4. The molecule has 0 bridgehead atoms. The van der Waals surface area contributed by atoms with E-state index in [-0.39, 0.29) is 30.8 Å². The van der Waals surface area contributed by atoms with Crippen LogP contribution in [0.3, 0.4) is 0 Å². The number of nitrogens with zero attached hydrogens (tertiary/aromatic N) is 1. The van der Waals surface area contributed by atoms with E-state index in [1.165, 1.54) is 4.90 Å². The molecule has 2 saturated heterocycles. The maximum Gasteiger partial charge on any atom is 0.405 e. The van der Waals surface area contributed by atoms with Crippen molar-refractivity contribution in [2.24, 2.45) is 17.3 Å². The van der Waals surface area contributed by atoms with Crippen LogP contribution in [0.5, 0.6) is 0 Å². The maximum absolute atomic E-state index is 13.6. The van der Waals surface area contributed by atoms with Crippen LogP contribution < -0.4 is 16.0 Å². The topological polar surface area (TPSA) is 154 Å². The summed E-state index contributed by atoms with van der Waals surface area (Å²) < 4.78 is 32.5. The predicted octanol–water partition coefficient (Wildman–Crippen LogP) is 1.30. The second kappa shape index (κ2) is 11.5. The first-order valence-corrected chi connectivity index (χ1v) is 13.0. The summed E-state index contributed by atoms with van der Waals surface area (Å²) in [5, 5.41) is 16.5. The predicted molar refractivity (Wildman–Crippen MR) is 130 cm³/mol. The van der Waals surface area contributed by atoms with Crippen LogP contribution in [0.1, 0.15) is 59.8 Å². The molecule has 4 N–H and O–H groups in total. The lowest BCUT2D eigenvalue weighted by Gasteiger charge is -2.35. The zero-order valence-electron chi connectivity index (χ0n) is 22.2. The summed E-state index contributed by atoms with van der Waals surface area (Å²) in [4.78, 5) is 65.0. The summed E-state index contributed by atoms with van der Waals surface area (Å²) in [6.07, 6.45) is -0.922. The van der Waals surface area contributed by atoms with Crippen molar-refractivity contribution in [3.8, 4) is 0 Å². The number of carbonyl (C=O) groups is 5. The molecule has 2 aliphatic heterocycles. The number of Topliss-reactive ketones (excluding diaryl/α,β-unsaturated/α-hetero) is 1. The molecule has 0 aromatic rings. The van der Waals surface area contributed by atoms with Gasteiger partial charge in [-0.05, 0) is 43.9 Å². The maximum atomic E-state index is 13.6. The molecule has 3 fully saturated rings. The average Bonchev–Trinajstić information content (AvgIpc) is 3.46. The Balaban J connectivity index is 1.82. The van der Waals surface area contributed by atoms with Gasteiger partial charge in [0.2, 0.25) is 23.5 Å². The summed E-state index contributed by atoms with van der Waals surface area (Å²) >= 11 is 0. The molecule has 4 atom stereocenters. The van der Waals surface area contributed by atoms with Crippen LogP contribution in [0.25, 0.3) is 0 Å². The molecule has 38 heavy (non-hydrogen) atoms. The number of likely N-dealkylation sites (tertiary alicyclic amines) is 1. The lowest BCUT2D eigenvalue weighted by Crippen LogP contribution is -2.59. The van der Waals surface area contributed by atoms with Gasteiger partial charge in [0.15, 0.2) is 0 Å². The summed E-state index contributed by atoms with van der Waals surface area (Å²) in [5.41, 5.74) is -0.819. The number of ketones is 1. The molecular formula is C25H38F2N4O7. The van der Waals surface area contributed by atoms with Gasteiger partial charge < -0.3 is 30.7 Å². The van der Waals surface area contributed by atoms with Gasteiger partial charge in [-0.1, -0.05) is 20.8 Å². The summed E-state index contributed by atoms with van der Waals surface area (Å²) in [6.45, 7) is 6.85. The smallest absolute Gasteiger partial charge is 0.405 e. The van der Waals surface area contributed by atoms with Crippen LogP contribution in [0.2, 0.25) is 0 Å². The minimum Gasteiger partial charge on any atom is -0.465 e. The molecule has 0 radical (unpaired) electrons. The zero-order valence-corrected chi connectivity index (χ0v) is 22.2. The third kappa shape index (κ3) is 7.84. The van der Waals surface area contributed by atoms with Crippen molar-refractivity contribution in [1.82, 2.24) is 20.9 Å². The van der Waals surface area contributed by atoms with Gasteiger partial charge in [0, 0.05) is 24.9 Å². The fourth-order valence-electron chi connectivity index (χ4n) is 4.74. The van der Waals surface area contributed by atoms with Crippen molar-refractivity contribution in [1.29, 1.82) is 0 Å². The van der Waals surface area contributed by atoms with Crippen molar-refractivity contribution >= 4 is 29.6 Å². The second-order valence-corrected chi connectivity index (χ2v) is 11.8. The van der Waals surface area contributed by atoms with Crippen LogP contribution in [-0.2, 0) is 23.9 Å². The Hall–Kier alpha value is -2.83. The first-order chi connectivity index (χ1) is 17.6. The van der Waals surface area contributed by atoms with E-state index >= 15 is 0 Å². The standard InChI is InChI=1S/C25H38F2N4O7/c1-24(2,3)19(30-23(36)37)22(35)31-10-13(14-11-38-12-14)9-17(31)20(33)29-16(7-8-25(4,26)27)18(32)21(34)28-15-5-6-15/h13-17,19,30H,5-12H2,1-4H3,(H,28,34)(H,29,33)(H,36,37)/t13?,16?,17-,19?/m0/s1. The first-order valence-electron chi connectivity index (χ1n) is 13.0. The number of carboxylic acid groups (broad SMARTS) is 1. The van der Waals surface area contributed by atoms with E-state index in [0.717, 1.165) is 0 Å². The van der Waals surface area contributed by atoms with Crippen LogP contribution in [0, 0.1) is 17.3 Å².